The molecule has 1 aliphatic rings. The Bertz CT molecular complexity index is 1030. The van der Waals surface area contributed by atoms with Gasteiger partial charge < -0.3 is 9.15 Å². The predicted molar refractivity (Wildman–Crippen MR) is 105 cm³/mol. The zero-order valence-electron chi connectivity index (χ0n) is 14.2. The zero-order valence-corrected chi connectivity index (χ0v) is 15.8. The minimum atomic E-state index is -0.801. The first-order valence-corrected chi connectivity index (χ1v) is 9.26. The zero-order chi connectivity index (χ0) is 18.8. The van der Waals surface area contributed by atoms with E-state index in [1.165, 1.54) is 6.08 Å². The van der Waals surface area contributed by atoms with Crippen molar-refractivity contribution in [3.05, 3.63) is 88.1 Å². The van der Waals surface area contributed by atoms with E-state index in [4.69, 9.17) is 9.15 Å². The van der Waals surface area contributed by atoms with Gasteiger partial charge in [-0.05, 0) is 48.0 Å². The minimum absolute atomic E-state index is 0.264. The molecule has 1 aromatic heterocycles. The van der Waals surface area contributed by atoms with E-state index in [1.807, 2.05) is 42.5 Å². The van der Waals surface area contributed by atoms with E-state index in [9.17, 15) is 9.59 Å². The number of benzene rings is 2. The SMILES string of the molecule is O=C1OC(C(=O)/C=C/c2ccc(-c3ccc(Br)cc3)o2)Cc2ccccc21. The second-order valence-electron chi connectivity index (χ2n) is 6.20. The van der Waals surface area contributed by atoms with Crippen LogP contribution in [0.5, 0.6) is 0 Å². The van der Waals surface area contributed by atoms with Gasteiger partial charge in [0.15, 0.2) is 11.9 Å². The Morgan fingerprint density at radius 1 is 1.04 bits per heavy atom. The number of fused-ring (bicyclic) bond motifs is 1. The molecule has 0 fully saturated rings. The van der Waals surface area contributed by atoms with Gasteiger partial charge in [-0.25, -0.2) is 4.79 Å². The lowest BCUT2D eigenvalue weighted by Crippen LogP contribution is -2.33. The van der Waals surface area contributed by atoms with Crippen LogP contribution < -0.4 is 0 Å². The van der Waals surface area contributed by atoms with E-state index >= 15 is 0 Å². The van der Waals surface area contributed by atoms with Gasteiger partial charge >= 0.3 is 5.97 Å². The smallest absolute Gasteiger partial charge is 0.339 e. The van der Waals surface area contributed by atoms with Crippen LogP contribution in [-0.4, -0.2) is 17.9 Å². The van der Waals surface area contributed by atoms with Gasteiger partial charge in [0.2, 0.25) is 0 Å². The van der Waals surface area contributed by atoms with Gasteiger partial charge in [0.1, 0.15) is 11.5 Å². The molecule has 134 valence electrons. The van der Waals surface area contributed by atoms with Crippen LogP contribution in [0, 0.1) is 0 Å². The number of hydrogen-bond donors (Lipinski definition) is 0. The van der Waals surface area contributed by atoms with Gasteiger partial charge in [-0.2, -0.15) is 0 Å². The van der Waals surface area contributed by atoms with Crippen LogP contribution in [0.4, 0.5) is 0 Å². The summed E-state index contributed by atoms with van der Waals surface area (Å²) in [6.45, 7) is 0. The summed E-state index contributed by atoms with van der Waals surface area (Å²) < 4.78 is 12.0. The molecule has 0 amide bonds. The normalized spacial score (nSPS) is 16.2. The van der Waals surface area contributed by atoms with Gasteiger partial charge in [0, 0.05) is 16.5 Å². The first kappa shape index (κ1) is 17.5. The lowest BCUT2D eigenvalue weighted by molar-refractivity contribution is -0.123. The maximum atomic E-state index is 12.4. The number of furan rings is 1. The Hall–Kier alpha value is -2.92. The van der Waals surface area contributed by atoms with Crippen molar-refractivity contribution < 1.29 is 18.7 Å². The summed E-state index contributed by atoms with van der Waals surface area (Å²) in [5.41, 5.74) is 2.30. The molecule has 0 bridgehead atoms. The molecular weight excluding hydrogens is 408 g/mol. The Labute approximate surface area is 164 Å². The van der Waals surface area contributed by atoms with Crippen LogP contribution in [-0.2, 0) is 16.0 Å². The van der Waals surface area contributed by atoms with Crippen molar-refractivity contribution in [2.75, 3.05) is 0 Å². The monoisotopic (exact) mass is 422 g/mol. The average Bonchev–Trinajstić information content (AvgIpc) is 3.15. The second-order valence-corrected chi connectivity index (χ2v) is 7.12. The summed E-state index contributed by atoms with van der Waals surface area (Å²) in [6, 6.07) is 18.6. The van der Waals surface area contributed by atoms with E-state index < -0.39 is 12.1 Å². The fraction of sp³-hybridized carbons (Fsp3) is 0.0909. The molecule has 4 nitrogen and oxygen atoms in total. The predicted octanol–water partition coefficient (Wildman–Crippen LogP) is 5.07. The first-order chi connectivity index (χ1) is 13.1. The number of halogens is 1. The summed E-state index contributed by atoms with van der Waals surface area (Å²) >= 11 is 3.40. The lowest BCUT2D eigenvalue weighted by atomic mass is 9.96. The molecule has 0 saturated heterocycles. The molecule has 0 aliphatic carbocycles. The van der Waals surface area contributed by atoms with E-state index in [2.05, 4.69) is 15.9 Å². The van der Waals surface area contributed by atoms with Crippen molar-refractivity contribution in [1.82, 2.24) is 0 Å². The third kappa shape index (κ3) is 3.78. The summed E-state index contributed by atoms with van der Waals surface area (Å²) in [5, 5.41) is 0. The Balaban J connectivity index is 1.47. The van der Waals surface area contributed by atoms with Crippen molar-refractivity contribution >= 4 is 33.8 Å². The highest BCUT2D eigenvalue weighted by atomic mass is 79.9. The van der Waals surface area contributed by atoms with Crippen molar-refractivity contribution in [3.8, 4) is 11.3 Å². The van der Waals surface area contributed by atoms with Gasteiger partial charge in [0.25, 0.3) is 0 Å². The Morgan fingerprint density at radius 2 is 1.81 bits per heavy atom. The quantitative estimate of drug-likeness (QED) is 0.434. The maximum Gasteiger partial charge on any atom is 0.339 e. The number of carbonyl (C=O) groups excluding carboxylic acids is 2. The number of carbonyl (C=O) groups is 2. The average molecular weight is 423 g/mol. The largest absolute Gasteiger partial charge is 0.457 e. The van der Waals surface area contributed by atoms with E-state index in [0.29, 0.717) is 23.5 Å². The summed E-state index contributed by atoms with van der Waals surface area (Å²) in [5.74, 6) is 0.551. The third-order valence-corrected chi connectivity index (χ3v) is 4.91. The highest BCUT2D eigenvalue weighted by Gasteiger charge is 2.29. The topological polar surface area (TPSA) is 56.5 Å². The second kappa shape index (κ2) is 7.37. The Kier molecular flexibility index (Phi) is 4.77. The number of cyclic esters (lactones) is 1. The first-order valence-electron chi connectivity index (χ1n) is 8.47. The standard InChI is InChI=1S/C22H15BrO4/c23-16-7-5-14(6-8-16)20-12-10-17(26-20)9-11-19(24)21-13-15-3-1-2-4-18(15)22(25)27-21/h1-12,21H,13H2/b11-9+. The summed E-state index contributed by atoms with van der Waals surface area (Å²) in [7, 11) is 0. The molecule has 0 saturated carbocycles. The molecule has 1 aliphatic heterocycles. The molecule has 0 radical (unpaired) electrons. The fourth-order valence-electron chi connectivity index (χ4n) is 2.97. The molecule has 1 unspecified atom stereocenters. The molecule has 2 aromatic carbocycles. The van der Waals surface area contributed by atoms with E-state index in [-0.39, 0.29) is 5.78 Å². The number of esters is 1. The molecule has 0 spiro atoms. The van der Waals surface area contributed by atoms with Crippen LogP contribution >= 0.6 is 15.9 Å². The van der Waals surface area contributed by atoms with E-state index in [0.717, 1.165) is 15.6 Å². The molecule has 1 atom stereocenters. The van der Waals surface area contributed by atoms with Crippen LogP contribution in [0.3, 0.4) is 0 Å². The van der Waals surface area contributed by atoms with E-state index in [1.54, 1.807) is 24.3 Å². The maximum absolute atomic E-state index is 12.4. The molecule has 4 rings (SSSR count). The van der Waals surface area contributed by atoms with Crippen LogP contribution in [0.1, 0.15) is 21.7 Å². The van der Waals surface area contributed by atoms with Crippen molar-refractivity contribution in [3.63, 3.8) is 0 Å². The number of hydrogen-bond acceptors (Lipinski definition) is 4. The Morgan fingerprint density at radius 3 is 2.63 bits per heavy atom. The van der Waals surface area contributed by atoms with Crippen LogP contribution in [0.25, 0.3) is 17.4 Å². The van der Waals surface area contributed by atoms with Crippen molar-refractivity contribution in [2.45, 2.75) is 12.5 Å². The van der Waals surface area contributed by atoms with Crippen LogP contribution in [0.2, 0.25) is 0 Å². The molecule has 5 heteroatoms. The van der Waals surface area contributed by atoms with Crippen molar-refractivity contribution in [1.29, 1.82) is 0 Å². The molecule has 2 heterocycles. The number of ether oxygens (including phenoxy) is 1. The fourth-order valence-corrected chi connectivity index (χ4v) is 3.24. The van der Waals surface area contributed by atoms with Crippen molar-refractivity contribution in [2.24, 2.45) is 0 Å². The minimum Gasteiger partial charge on any atom is -0.457 e. The van der Waals surface area contributed by atoms with Gasteiger partial charge in [0.05, 0.1) is 5.56 Å². The number of rotatable bonds is 4. The summed E-state index contributed by atoms with van der Waals surface area (Å²) in [4.78, 5) is 24.5. The van der Waals surface area contributed by atoms with Gasteiger partial charge in [-0.3, -0.25) is 4.79 Å². The van der Waals surface area contributed by atoms with Gasteiger partial charge in [-0.1, -0.05) is 46.3 Å². The molecular formula is C22H15BrO4. The molecule has 27 heavy (non-hydrogen) atoms. The third-order valence-electron chi connectivity index (χ3n) is 4.38. The summed E-state index contributed by atoms with van der Waals surface area (Å²) in [6.07, 6.45) is 2.58. The highest BCUT2D eigenvalue weighted by molar-refractivity contribution is 9.10. The molecule has 0 N–H and O–H groups in total. The number of ketones is 1. The van der Waals surface area contributed by atoms with Gasteiger partial charge in [-0.15, -0.1) is 0 Å². The molecule has 3 aromatic rings. The lowest BCUT2D eigenvalue weighted by Gasteiger charge is -2.22. The van der Waals surface area contributed by atoms with Crippen LogP contribution in [0.15, 0.2) is 75.6 Å². The highest BCUT2D eigenvalue weighted by Crippen LogP contribution is 2.25.